The van der Waals surface area contributed by atoms with Gasteiger partial charge in [-0.15, -0.1) is 10.2 Å². The Morgan fingerprint density at radius 3 is 2.61 bits per heavy atom. The number of sulfonamides is 1. The molecule has 0 spiro atoms. The normalized spacial score (nSPS) is 12.2. The largest absolute Gasteiger partial charge is 0.506 e. The van der Waals surface area contributed by atoms with Crippen molar-refractivity contribution in [2.45, 2.75) is 4.90 Å². The van der Waals surface area contributed by atoms with Gasteiger partial charge in [-0.05, 0) is 47.9 Å². The van der Waals surface area contributed by atoms with Gasteiger partial charge in [-0.25, -0.2) is 13.6 Å². The summed E-state index contributed by atoms with van der Waals surface area (Å²) in [5, 5.41) is 23.6. The number of phenolic OH excluding ortho intramolecular Hbond substituents is 1. The van der Waals surface area contributed by atoms with E-state index in [9.17, 15) is 13.5 Å². The second-order valence-electron chi connectivity index (χ2n) is 4.65. The van der Waals surface area contributed by atoms with Crippen LogP contribution < -0.4 is 10.9 Å². The number of aromatic hydroxyl groups is 1. The zero-order valence-corrected chi connectivity index (χ0v) is 13.2. The van der Waals surface area contributed by atoms with Crippen LogP contribution in [0.25, 0.3) is 10.9 Å². The number of hydrogen-bond acceptors (Lipinski definition) is 8. The average Bonchev–Trinajstić information content (AvgIpc) is 2.90. The molecule has 0 amide bonds. The van der Waals surface area contributed by atoms with Crippen molar-refractivity contribution in [3.63, 3.8) is 0 Å². The summed E-state index contributed by atoms with van der Waals surface area (Å²) < 4.78 is 27.0. The molecule has 0 radical (unpaired) electrons. The molecule has 23 heavy (non-hydrogen) atoms. The SMILES string of the molecule is Nc1cc(/N=N/c2snc3ccc(S(N)(=O)=O)cc23)ccc1O. The molecule has 5 N–H and O–H groups in total. The maximum absolute atomic E-state index is 11.4. The first-order valence-electron chi connectivity index (χ1n) is 6.27. The Morgan fingerprint density at radius 2 is 1.91 bits per heavy atom. The molecule has 0 aliphatic rings. The molecule has 0 saturated carbocycles. The highest BCUT2D eigenvalue weighted by atomic mass is 32.2. The summed E-state index contributed by atoms with van der Waals surface area (Å²) in [6, 6.07) is 8.79. The van der Waals surface area contributed by atoms with Gasteiger partial charge in [0.05, 0.1) is 21.8 Å². The maximum atomic E-state index is 11.4. The Hall–Kier alpha value is -2.56. The van der Waals surface area contributed by atoms with Gasteiger partial charge in [0, 0.05) is 5.39 Å². The summed E-state index contributed by atoms with van der Waals surface area (Å²) in [6.07, 6.45) is 0. The smallest absolute Gasteiger partial charge is 0.238 e. The third-order valence-electron chi connectivity index (χ3n) is 3.02. The van der Waals surface area contributed by atoms with Crippen molar-refractivity contribution < 1.29 is 13.5 Å². The molecule has 0 atom stereocenters. The molecule has 2 aromatic carbocycles. The topological polar surface area (TPSA) is 144 Å². The molecule has 0 bridgehead atoms. The van der Waals surface area contributed by atoms with E-state index in [2.05, 4.69) is 14.6 Å². The first kappa shape index (κ1) is 15.3. The van der Waals surface area contributed by atoms with E-state index in [1.54, 1.807) is 12.1 Å². The molecule has 118 valence electrons. The summed E-state index contributed by atoms with van der Waals surface area (Å²) in [6.45, 7) is 0. The molecule has 1 heterocycles. The van der Waals surface area contributed by atoms with Gasteiger partial charge in [0.2, 0.25) is 10.0 Å². The number of nitrogens with two attached hydrogens (primary N) is 2. The van der Waals surface area contributed by atoms with Crippen LogP contribution in [0.5, 0.6) is 5.75 Å². The van der Waals surface area contributed by atoms with E-state index in [-0.39, 0.29) is 16.3 Å². The molecule has 0 aliphatic carbocycles. The zero-order valence-electron chi connectivity index (χ0n) is 11.5. The number of nitrogens with zero attached hydrogens (tertiary/aromatic N) is 3. The highest BCUT2D eigenvalue weighted by Crippen LogP contribution is 2.34. The highest BCUT2D eigenvalue weighted by Gasteiger charge is 2.12. The minimum atomic E-state index is -3.81. The van der Waals surface area contributed by atoms with E-state index in [4.69, 9.17) is 10.9 Å². The van der Waals surface area contributed by atoms with Crippen molar-refractivity contribution in [1.82, 2.24) is 4.37 Å². The lowest BCUT2D eigenvalue weighted by molar-refractivity contribution is 0.478. The van der Waals surface area contributed by atoms with Crippen LogP contribution in [-0.2, 0) is 10.0 Å². The molecule has 3 aromatic rings. The molecule has 1 aromatic heterocycles. The predicted molar refractivity (Wildman–Crippen MR) is 87.7 cm³/mol. The second-order valence-corrected chi connectivity index (χ2v) is 6.97. The Morgan fingerprint density at radius 1 is 1.13 bits per heavy atom. The van der Waals surface area contributed by atoms with Gasteiger partial charge in [-0.1, -0.05) is 0 Å². The second kappa shape index (κ2) is 5.57. The molecule has 0 fully saturated rings. The average molecular weight is 349 g/mol. The molecule has 3 rings (SSSR count). The lowest BCUT2D eigenvalue weighted by Crippen LogP contribution is -2.11. The van der Waals surface area contributed by atoms with E-state index in [0.717, 1.165) is 11.5 Å². The molecule has 8 nitrogen and oxygen atoms in total. The number of aromatic nitrogens is 1. The lowest BCUT2D eigenvalue weighted by Gasteiger charge is -1.99. The van der Waals surface area contributed by atoms with Crippen molar-refractivity contribution in [3.05, 3.63) is 36.4 Å². The number of benzene rings is 2. The van der Waals surface area contributed by atoms with Crippen molar-refractivity contribution >= 4 is 48.8 Å². The van der Waals surface area contributed by atoms with Gasteiger partial charge in [0.25, 0.3) is 0 Å². The Bertz CT molecular complexity index is 1030. The monoisotopic (exact) mass is 349 g/mol. The summed E-state index contributed by atoms with van der Waals surface area (Å²) in [5.74, 6) is -0.0371. The van der Waals surface area contributed by atoms with E-state index in [0.29, 0.717) is 21.6 Å². The minimum absolute atomic E-state index is 0.0180. The lowest BCUT2D eigenvalue weighted by atomic mass is 10.2. The number of rotatable bonds is 3. The predicted octanol–water partition coefficient (Wildman–Crippen LogP) is 2.65. The maximum Gasteiger partial charge on any atom is 0.238 e. The van der Waals surface area contributed by atoms with Gasteiger partial charge in [0.1, 0.15) is 5.75 Å². The van der Waals surface area contributed by atoms with Crippen LogP contribution in [0.15, 0.2) is 51.5 Å². The molecule has 0 saturated heterocycles. The van der Waals surface area contributed by atoms with Gasteiger partial charge < -0.3 is 10.8 Å². The number of nitrogen functional groups attached to an aromatic ring is 1. The van der Waals surface area contributed by atoms with Gasteiger partial charge in [0.15, 0.2) is 5.00 Å². The molecular weight excluding hydrogens is 338 g/mol. The standard InChI is InChI=1S/C13H11N5O3S2/c14-10-5-7(1-4-12(10)19)16-17-13-9-6-8(23(15,20)21)2-3-11(9)18-22-13/h1-6,19H,14H2,(H2,15,20,21)/b17-16+. The van der Waals surface area contributed by atoms with Crippen LogP contribution in [0, 0.1) is 0 Å². The van der Waals surface area contributed by atoms with Crippen molar-refractivity contribution in [2.75, 3.05) is 5.73 Å². The summed E-state index contributed by atoms with van der Waals surface area (Å²) in [5.41, 5.74) is 6.82. The number of azo groups is 1. The van der Waals surface area contributed by atoms with Crippen LogP contribution >= 0.6 is 11.5 Å². The van der Waals surface area contributed by atoms with Crippen molar-refractivity contribution in [3.8, 4) is 5.75 Å². The van der Waals surface area contributed by atoms with Crippen LogP contribution in [0.2, 0.25) is 0 Å². The Labute approximate surface area is 135 Å². The molecular formula is C13H11N5O3S2. The number of phenols is 1. The molecule has 10 heteroatoms. The van der Waals surface area contributed by atoms with Gasteiger partial charge >= 0.3 is 0 Å². The van der Waals surface area contributed by atoms with Crippen molar-refractivity contribution in [1.29, 1.82) is 0 Å². The number of primary sulfonamides is 1. The third-order valence-corrected chi connectivity index (χ3v) is 4.70. The number of fused-ring (bicyclic) bond motifs is 1. The van der Waals surface area contributed by atoms with Crippen LogP contribution in [0.3, 0.4) is 0 Å². The van der Waals surface area contributed by atoms with Crippen LogP contribution in [0.1, 0.15) is 0 Å². The molecule has 0 aliphatic heterocycles. The highest BCUT2D eigenvalue weighted by molar-refractivity contribution is 7.89. The Balaban J connectivity index is 2.02. The summed E-state index contributed by atoms with van der Waals surface area (Å²) >= 11 is 1.08. The fourth-order valence-corrected chi connectivity index (χ4v) is 3.09. The first-order valence-corrected chi connectivity index (χ1v) is 8.59. The minimum Gasteiger partial charge on any atom is -0.506 e. The fourth-order valence-electron chi connectivity index (χ4n) is 1.86. The van der Waals surface area contributed by atoms with Gasteiger partial charge in [-0.2, -0.15) is 4.37 Å². The quantitative estimate of drug-likeness (QED) is 0.378. The number of hydrogen-bond donors (Lipinski definition) is 3. The van der Waals surface area contributed by atoms with Crippen LogP contribution in [-0.4, -0.2) is 17.9 Å². The first-order chi connectivity index (χ1) is 10.8. The Kier molecular flexibility index (Phi) is 3.72. The van der Waals surface area contributed by atoms with Crippen molar-refractivity contribution in [2.24, 2.45) is 15.4 Å². The summed E-state index contributed by atoms with van der Waals surface area (Å²) in [7, 11) is -3.81. The number of anilines is 1. The fraction of sp³-hybridized carbons (Fsp3) is 0. The van der Waals surface area contributed by atoms with E-state index >= 15 is 0 Å². The van der Waals surface area contributed by atoms with E-state index in [1.165, 1.54) is 24.3 Å². The van der Waals surface area contributed by atoms with E-state index < -0.39 is 10.0 Å². The summed E-state index contributed by atoms with van der Waals surface area (Å²) in [4.78, 5) is -0.0180. The van der Waals surface area contributed by atoms with Gasteiger partial charge in [-0.3, -0.25) is 0 Å². The third kappa shape index (κ3) is 3.13. The molecule has 0 unspecified atom stereocenters. The van der Waals surface area contributed by atoms with E-state index in [1.807, 2.05) is 0 Å². The van der Waals surface area contributed by atoms with Crippen LogP contribution in [0.4, 0.5) is 16.4 Å². The zero-order chi connectivity index (χ0) is 16.6.